The van der Waals surface area contributed by atoms with E-state index in [4.69, 9.17) is 10.5 Å². The molecule has 7 nitrogen and oxygen atoms in total. The summed E-state index contributed by atoms with van der Waals surface area (Å²) < 4.78 is 45.3. The molecule has 4 rings (SSSR count). The number of hydrogen-bond acceptors (Lipinski definition) is 4. The third-order valence-electron chi connectivity index (χ3n) is 5.51. The number of aldehydes is 1. The van der Waals surface area contributed by atoms with E-state index in [1.54, 1.807) is 30.3 Å². The summed E-state index contributed by atoms with van der Waals surface area (Å²) in [6.45, 7) is 3.35. The number of rotatable bonds is 5. The van der Waals surface area contributed by atoms with E-state index in [0.717, 1.165) is 30.7 Å². The first-order valence-corrected chi connectivity index (χ1v) is 11.3. The average Bonchev–Trinajstić information content (AvgIpc) is 3.19. The van der Waals surface area contributed by atoms with E-state index in [9.17, 15) is 18.0 Å². The summed E-state index contributed by atoms with van der Waals surface area (Å²) in [7, 11) is 3.60. The first kappa shape index (κ1) is 30.6. The van der Waals surface area contributed by atoms with Crippen LogP contribution >= 0.6 is 0 Å². The average molecular weight is 588 g/mol. The summed E-state index contributed by atoms with van der Waals surface area (Å²) in [5.41, 5.74) is 9.63. The van der Waals surface area contributed by atoms with Crippen LogP contribution in [0.2, 0.25) is 0 Å². The monoisotopic (exact) mass is 588 g/mol. The van der Waals surface area contributed by atoms with E-state index >= 15 is 0 Å². The fraction of sp³-hybridized carbons (Fsp3) is 0.346. The Balaban J connectivity index is 0.000000520. The zero-order valence-electron chi connectivity index (χ0n) is 20.7. The number of halogens is 3. The van der Waals surface area contributed by atoms with Crippen molar-refractivity contribution in [2.45, 2.75) is 12.7 Å². The molecule has 1 radical (unpaired) electrons. The third-order valence-corrected chi connectivity index (χ3v) is 5.51. The maximum Gasteiger partial charge on any atom is 0.406 e. The van der Waals surface area contributed by atoms with Gasteiger partial charge in [0, 0.05) is 43.8 Å². The molecule has 1 aromatic heterocycles. The van der Waals surface area contributed by atoms with Crippen LogP contribution in [0.4, 0.5) is 24.5 Å². The summed E-state index contributed by atoms with van der Waals surface area (Å²) in [6.07, 6.45) is -3.71. The van der Waals surface area contributed by atoms with Crippen molar-refractivity contribution in [3.8, 4) is 17.6 Å². The SMILES string of the molecule is CN1CC[N-]CC1.COc1cc(C=O)ccc1NCC#Cc1cc2c([NH-])cccc2n1CC(F)(F)F.[Y]. The van der Waals surface area contributed by atoms with Crippen LogP contribution in [0, 0.1) is 11.8 Å². The van der Waals surface area contributed by atoms with Crippen molar-refractivity contribution >= 4 is 28.6 Å². The number of methoxy groups -OCH3 is 1. The molecule has 1 aliphatic rings. The third kappa shape index (κ3) is 9.04. The Morgan fingerprint density at radius 1 is 1.19 bits per heavy atom. The summed E-state index contributed by atoms with van der Waals surface area (Å²) in [4.78, 5) is 13.1. The number of alkyl halides is 3. The van der Waals surface area contributed by atoms with Gasteiger partial charge in [0.2, 0.25) is 0 Å². The molecule has 1 saturated heterocycles. The number of nitrogens with zero attached hydrogens (tertiary/aromatic N) is 3. The van der Waals surface area contributed by atoms with E-state index in [1.165, 1.54) is 19.2 Å². The van der Waals surface area contributed by atoms with E-state index in [2.05, 4.69) is 34.4 Å². The first-order chi connectivity index (χ1) is 17.2. The van der Waals surface area contributed by atoms with Gasteiger partial charge in [0.25, 0.3) is 0 Å². The van der Waals surface area contributed by atoms with E-state index in [-0.39, 0.29) is 50.6 Å². The number of anilines is 1. The molecule has 3 aromatic rings. The van der Waals surface area contributed by atoms with Gasteiger partial charge in [-0.15, -0.1) is 18.8 Å². The second-order valence-electron chi connectivity index (χ2n) is 8.18. The van der Waals surface area contributed by atoms with E-state index in [1.807, 2.05) is 0 Å². The molecule has 11 heteroatoms. The van der Waals surface area contributed by atoms with Crippen molar-refractivity contribution in [1.82, 2.24) is 9.47 Å². The quantitative estimate of drug-likeness (QED) is 0.317. The minimum absolute atomic E-state index is 0. The predicted molar refractivity (Wildman–Crippen MR) is 136 cm³/mol. The topological polar surface area (TPSA) is 84.4 Å². The number of hydrogen-bond donors (Lipinski definition) is 1. The van der Waals surface area contributed by atoms with Gasteiger partial charge >= 0.3 is 6.18 Å². The number of ether oxygens (including phenoxy) is 1. The molecule has 0 amide bonds. The molecule has 195 valence electrons. The Kier molecular flexibility index (Phi) is 11.9. The van der Waals surface area contributed by atoms with Crippen LogP contribution in [0.3, 0.4) is 0 Å². The van der Waals surface area contributed by atoms with Gasteiger partial charge < -0.3 is 30.6 Å². The van der Waals surface area contributed by atoms with Crippen molar-refractivity contribution in [2.24, 2.45) is 0 Å². The normalized spacial score (nSPS) is 13.4. The smallest absolute Gasteiger partial charge is 0.406 e. The molecule has 0 saturated carbocycles. The molecule has 0 atom stereocenters. The zero-order valence-corrected chi connectivity index (χ0v) is 23.6. The number of piperazine rings is 1. The van der Waals surface area contributed by atoms with Crippen LogP contribution < -0.4 is 10.1 Å². The van der Waals surface area contributed by atoms with Gasteiger partial charge in [-0.05, 0) is 61.8 Å². The Morgan fingerprint density at radius 3 is 2.51 bits per heavy atom. The van der Waals surface area contributed by atoms with Crippen LogP contribution in [0.1, 0.15) is 16.1 Å². The van der Waals surface area contributed by atoms with Gasteiger partial charge in [-0.2, -0.15) is 13.2 Å². The number of benzene rings is 2. The van der Waals surface area contributed by atoms with Crippen LogP contribution in [0.5, 0.6) is 5.75 Å². The molecular weight excluding hydrogens is 560 g/mol. The largest absolute Gasteiger partial charge is 0.698 e. The molecule has 0 unspecified atom stereocenters. The molecule has 0 aliphatic carbocycles. The first-order valence-electron chi connectivity index (χ1n) is 11.3. The maximum absolute atomic E-state index is 13.0. The molecule has 1 fully saturated rings. The summed E-state index contributed by atoms with van der Waals surface area (Å²) in [6, 6.07) is 11.0. The predicted octanol–water partition coefficient (Wildman–Crippen LogP) is 5.48. The number of likely N-dealkylation sites (N-methyl/N-ethyl adjacent to an activating group) is 1. The second-order valence-corrected chi connectivity index (χ2v) is 8.18. The second kappa shape index (κ2) is 14.4. The number of carbonyl (C=O) groups excluding carboxylic acids is 1. The number of nitrogens with one attached hydrogen (secondary N) is 2. The van der Waals surface area contributed by atoms with Crippen molar-refractivity contribution in [3.05, 3.63) is 64.8 Å². The molecule has 0 bridgehead atoms. The van der Waals surface area contributed by atoms with Crippen LogP contribution in [-0.2, 0) is 39.3 Å². The Bertz CT molecular complexity index is 1240. The Morgan fingerprint density at radius 2 is 1.92 bits per heavy atom. The van der Waals surface area contributed by atoms with Gasteiger partial charge in [-0.3, -0.25) is 4.79 Å². The molecule has 37 heavy (non-hydrogen) atoms. The number of aromatic nitrogens is 1. The van der Waals surface area contributed by atoms with E-state index in [0.29, 0.717) is 34.2 Å². The molecule has 2 aromatic carbocycles. The van der Waals surface area contributed by atoms with Crippen molar-refractivity contribution in [2.75, 3.05) is 52.2 Å². The van der Waals surface area contributed by atoms with Gasteiger partial charge in [0.15, 0.2) is 0 Å². The fourth-order valence-corrected chi connectivity index (χ4v) is 3.65. The van der Waals surface area contributed by atoms with Crippen LogP contribution in [-0.4, -0.2) is 68.8 Å². The van der Waals surface area contributed by atoms with Crippen molar-refractivity contribution in [3.63, 3.8) is 0 Å². The van der Waals surface area contributed by atoms with Crippen molar-refractivity contribution in [1.29, 1.82) is 0 Å². The number of carbonyl (C=O) groups is 1. The maximum atomic E-state index is 13.0. The summed E-state index contributed by atoms with van der Waals surface area (Å²) in [5, 5.41) is 7.62. The summed E-state index contributed by atoms with van der Waals surface area (Å²) >= 11 is 0. The Hall–Kier alpha value is -2.58. The van der Waals surface area contributed by atoms with Crippen LogP contribution in [0.15, 0.2) is 42.5 Å². The minimum Gasteiger partial charge on any atom is -0.698 e. The van der Waals surface area contributed by atoms with Crippen LogP contribution in [0.25, 0.3) is 22.0 Å². The summed E-state index contributed by atoms with van der Waals surface area (Å²) in [5.74, 6) is 6.01. The molecule has 2 heterocycles. The Labute approximate surface area is 239 Å². The zero-order chi connectivity index (χ0) is 26.1. The molecule has 0 spiro atoms. The molecular formula is C26H28F3N5O2Y-2. The molecule has 1 aliphatic heterocycles. The molecule has 2 N–H and O–H groups in total. The number of fused-ring (bicyclic) bond motifs is 1. The van der Waals surface area contributed by atoms with Gasteiger partial charge in [0.05, 0.1) is 25.0 Å². The van der Waals surface area contributed by atoms with Gasteiger partial charge in [-0.25, -0.2) is 0 Å². The van der Waals surface area contributed by atoms with Crippen molar-refractivity contribution < 1.29 is 55.4 Å². The fourth-order valence-electron chi connectivity index (χ4n) is 3.65. The van der Waals surface area contributed by atoms with E-state index < -0.39 is 12.7 Å². The standard InChI is InChI=1S/C21H17F3N3O2.C5H11N2.Y/c1-29-20-10-14(12-28)7-8-18(20)26-9-3-4-15-11-16-17(25)5-2-6-19(16)27(15)13-21(22,23)24;1-7-4-2-6-3-5-7;/h2,5-8,10-12,25H,9,13H2,1H3,(H,26,28);2-5H2,1H3;/q2*-1;. The van der Waals surface area contributed by atoms with Gasteiger partial charge in [0.1, 0.15) is 18.6 Å². The van der Waals surface area contributed by atoms with Gasteiger partial charge in [-0.1, -0.05) is 18.1 Å². The minimum atomic E-state index is -4.41.